The molecule has 3 nitrogen and oxygen atoms in total. The van der Waals surface area contributed by atoms with Gasteiger partial charge in [-0.2, -0.15) is 0 Å². The minimum atomic E-state index is 0. The number of nitrogens with zero attached hydrogens (tertiary/aromatic N) is 3. The van der Waals surface area contributed by atoms with Crippen LogP contribution >= 0.6 is 12.4 Å². The highest BCUT2D eigenvalue weighted by Crippen LogP contribution is 2.38. The zero-order chi connectivity index (χ0) is 11.8. The summed E-state index contributed by atoms with van der Waals surface area (Å²) < 4.78 is 0. The third kappa shape index (κ3) is 2.07. The first-order chi connectivity index (χ1) is 8.27. The van der Waals surface area contributed by atoms with Gasteiger partial charge in [-0.3, -0.25) is 4.99 Å². The van der Waals surface area contributed by atoms with Crippen LogP contribution in [-0.2, 0) is 0 Å². The van der Waals surface area contributed by atoms with Crippen molar-refractivity contribution in [1.82, 2.24) is 0 Å². The molecule has 0 unspecified atom stereocenters. The molecule has 0 saturated carbocycles. The van der Waals surface area contributed by atoms with Crippen molar-refractivity contribution in [3.8, 4) is 0 Å². The Bertz CT molecular complexity index is 456. The standard InChI is InChI=1S/C14H19N3.ClH/c1-11(2)7-9-16-12-5-3-4-6-13(12)17-10-8-15-14(16)17;/h3-6,11H,7-10H2,1-2H3;1H. The first-order valence-electron chi connectivity index (χ1n) is 6.46. The number of halogens is 1. The first-order valence-corrected chi connectivity index (χ1v) is 6.46. The molecule has 0 aromatic heterocycles. The lowest BCUT2D eigenvalue weighted by molar-refractivity contribution is 0.595. The number of hydrogen-bond donors (Lipinski definition) is 0. The number of guanidine groups is 1. The van der Waals surface area contributed by atoms with Crippen molar-refractivity contribution >= 4 is 29.7 Å². The second-order valence-corrected chi connectivity index (χ2v) is 5.16. The Morgan fingerprint density at radius 3 is 2.67 bits per heavy atom. The van der Waals surface area contributed by atoms with Crippen molar-refractivity contribution in [3.63, 3.8) is 0 Å². The number of anilines is 2. The molecule has 4 heteroatoms. The molecule has 0 amide bonds. The van der Waals surface area contributed by atoms with Crippen LogP contribution in [-0.4, -0.2) is 25.6 Å². The Labute approximate surface area is 115 Å². The molecule has 0 spiro atoms. The largest absolute Gasteiger partial charge is 0.310 e. The lowest BCUT2D eigenvalue weighted by atomic mass is 10.1. The molecule has 0 saturated heterocycles. The van der Waals surface area contributed by atoms with Gasteiger partial charge in [0.15, 0.2) is 0 Å². The number of fused-ring (bicyclic) bond motifs is 3. The van der Waals surface area contributed by atoms with Crippen molar-refractivity contribution in [2.24, 2.45) is 10.9 Å². The molecule has 0 fully saturated rings. The molecule has 3 rings (SSSR count). The molecule has 1 aromatic rings. The molecule has 2 heterocycles. The lowest BCUT2D eigenvalue weighted by Crippen LogP contribution is -2.36. The molecule has 0 atom stereocenters. The summed E-state index contributed by atoms with van der Waals surface area (Å²) in [6.45, 7) is 7.59. The number of rotatable bonds is 3. The van der Waals surface area contributed by atoms with Crippen LogP contribution in [0, 0.1) is 5.92 Å². The van der Waals surface area contributed by atoms with Crippen LogP contribution < -0.4 is 9.80 Å². The summed E-state index contributed by atoms with van der Waals surface area (Å²) in [7, 11) is 0. The minimum absolute atomic E-state index is 0. The zero-order valence-corrected chi connectivity index (χ0v) is 11.8. The zero-order valence-electron chi connectivity index (χ0n) is 11.0. The predicted octanol–water partition coefficient (Wildman–Crippen LogP) is 3.15. The quantitative estimate of drug-likeness (QED) is 0.836. The van der Waals surface area contributed by atoms with Crippen LogP contribution in [0.15, 0.2) is 29.3 Å². The monoisotopic (exact) mass is 265 g/mol. The van der Waals surface area contributed by atoms with Gasteiger partial charge in [0.1, 0.15) is 0 Å². The molecule has 2 aliphatic rings. The molecule has 0 aliphatic carbocycles. The Kier molecular flexibility index (Phi) is 3.81. The third-order valence-corrected chi connectivity index (χ3v) is 3.45. The van der Waals surface area contributed by atoms with E-state index in [0.29, 0.717) is 0 Å². The molecule has 1 aromatic carbocycles. The van der Waals surface area contributed by atoms with Crippen molar-refractivity contribution in [2.45, 2.75) is 20.3 Å². The van der Waals surface area contributed by atoms with E-state index in [2.05, 4.69) is 52.9 Å². The highest BCUT2D eigenvalue weighted by atomic mass is 35.5. The number of benzene rings is 1. The van der Waals surface area contributed by atoms with Gasteiger partial charge in [0, 0.05) is 13.1 Å². The summed E-state index contributed by atoms with van der Waals surface area (Å²) in [6.07, 6.45) is 1.21. The van der Waals surface area contributed by atoms with E-state index in [1.54, 1.807) is 0 Å². The SMILES string of the molecule is CC(C)CCN1C2=NCCN2c2ccccc21.Cl. The fraction of sp³-hybridized carbons (Fsp3) is 0.500. The van der Waals surface area contributed by atoms with Crippen LogP contribution in [0.4, 0.5) is 11.4 Å². The average molecular weight is 266 g/mol. The van der Waals surface area contributed by atoms with Crippen molar-refractivity contribution in [1.29, 1.82) is 0 Å². The van der Waals surface area contributed by atoms with Gasteiger partial charge >= 0.3 is 0 Å². The summed E-state index contributed by atoms with van der Waals surface area (Å²) in [4.78, 5) is 9.36. The highest BCUT2D eigenvalue weighted by molar-refractivity contribution is 6.17. The summed E-state index contributed by atoms with van der Waals surface area (Å²) in [6, 6.07) is 8.63. The van der Waals surface area contributed by atoms with Crippen LogP contribution in [0.1, 0.15) is 20.3 Å². The average Bonchev–Trinajstić information content (AvgIpc) is 2.87. The van der Waals surface area contributed by atoms with E-state index in [0.717, 1.165) is 31.5 Å². The summed E-state index contributed by atoms with van der Waals surface area (Å²) >= 11 is 0. The second kappa shape index (κ2) is 5.19. The van der Waals surface area contributed by atoms with E-state index in [1.807, 2.05) is 0 Å². The van der Waals surface area contributed by atoms with Gasteiger partial charge in [-0.1, -0.05) is 26.0 Å². The molecule has 0 bridgehead atoms. The Morgan fingerprint density at radius 1 is 1.22 bits per heavy atom. The molecule has 0 N–H and O–H groups in total. The number of hydrogen-bond acceptors (Lipinski definition) is 3. The van der Waals surface area contributed by atoms with Crippen LogP contribution in [0.3, 0.4) is 0 Å². The van der Waals surface area contributed by atoms with Crippen molar-refractivity contribution in [3.05, 3.63) is 24.3 Å². The van der Waals surface area contributed by atoms with Crippen molar-refractivity contribution < 1.29 is 0 Å². The van der Waals surface area contributed by atoms with E-state index in [-0.39, 0.29) is 12.4 Å². The Balaban J connectivity index is 0.00000120. The maximum atomic E-state index is 4.64. The number of aliphatic imine (C=N–C) groups is 1. The minimum Gasteiger partial charge on any atom is -0.310 e. The Morgan fingerprint density at radius 2 is 1.94 bits per heavy atom. The summed E-state index contributed by atoms with van der Waals surface area (Å²) in [5, 5.41) is 0. The van der Waals surface area contributed by atoms with Gasteiger partial charge in [-0.15, -0.1) is 12.4 Å². The van der Waals surface area contributed by atoms with E-state index < -0.39 is 0 Å². The topological polar surface area (TPSA) is 18.8 Å². The summed E-state index contributed by atoms with van der Waals surface area (Å²) in [5.41, 5.74) is 2.65. The van der Waals surface area contributed by atoms with Crippen LogP contribution in [0.5, 0.6) is 0 Å². The van der Waals surface area contributed by atoms with Crippen molar-refractivity contribution in [2.75, 3.05) is 29.4 Å². The van der Waals surface area contributed by atoms with Gasteiger partial charge in [0.2, 0.25) is 5.96 Å². The smallest absolute Gasteiger partial charge is 0.205 e. The maximum absolute atomic E-state index is 4.64. The Hall–Kier alpha value is -1.22. The highest BCUT2D eigenvalue weighted by Gasteiger charge is 2.34. The molecule has 2 aliphatic heterocycles. The van der Waals surface area contributed by atoms with E-state index in [4.69, 9.17) is 0 Å². The maximum Gasteiger partial charge on any atom is 0.205 e. The molecule has 98 valence electrons. The van der Waals surface area contributed by atoms with Gasteiger partial charge in [0.05, 0.1) is 17.9 Å². The molecule has 18 heavy (non-hydrogen) atoms. The fourth-order valence-electron chi connectivity index (χ4n) is 2.53. The predicted molar refractivity (Wildman–Crippen MR) is 80.1 cm³/mol. The van der Waals surface area contributed by atoms with Crippen LogP contribution in [0.25, 0.3) is 0 Å². The van der Waals surface area contributed by atoms with Gasteiger partial charge in [-0.25, -0.2) is 0 Å². The normalized spacial score (nSPS) is 16.5. The van der Waals surface area contributed by atoms with Gasteiger partial charge < -0.3 is 9.80 Å². The molecule has 0 radical (unpaired) electrons. The fourth-order valence-corrected chi connectivity index (χ4v) is 2.53. The van der Waals surface area contributed by atoms with Crippen LogP contribution in [0.2, 0.25) is 0 Å². The number of para-hydroxylation sites is 2. The van der Waals surface area contributed by atoms with E-state index >= 15 is 0 Å². The van der Waals surface area contributed by atoms with E-state index in [9.17, 15) is 0 Å². The lowest BCUT2D eigenvalue weighted by Gasteiger charge is -2.20. The summed E-state index contributed by atoms with van der Waals surface area (Å²) in [5.74, 6) is 1.89. The third-order valence-electron chi connectivity index (χ3n) is 3.45. The molecular formula is C14H20ClN3. The van der Waals surface area contributed by atoms with Gasteiger partial charge in [0.25, 0.3) is 0 Å². The van der Waals surface area contributed by atoms with Gasteiger partial charge in [-0.05, 0) is 24.5 Å². The first kappa shape index (κ1) is 13.2. The molecular weight excluding hydrogens is 246 g/mol. The second-order valence-electron chi connectivity index (χ2n) is 5.16. The van der Waals surface area contributed by atoms with E-state index in [1.165, 1.54) is 17.8 Å².